The lowest BCUT2D eigenvalue weighted by molar-refractivity contribution is 0.0499. The summed E-state index contributed by atoms with van der Waals surface area (Å²) >= 11 is 0. The number of ether oxygens (including phenoxy) is 1. The Bertz CT molecular complexity index is 692. The van der Waals surface area contributed by atoms with Gasteiger partial charge in [0, 0.05) is 6.92 Å². The Morgan fingerprint density at radius 3 is 2.73 bits per heavy atom. The van der Waals surface area contributed by atoms with Gasteiger partial charge in [0.25, 0.3) is 0 Å². The summed E-state index contributed by atoms with van der Waals surface area (Å²) in [7, 11) is 0. The molecule has 1 aromatic heterocycles. The van der Waals surface area contributed by atoms with Crippen LogP contribution in [0.2, 0.25) is 0 Å². The average Bonchev–Trinajstić information content (AvgIpc) is 2.89. The second-order valence-corrected chi connectivity index (χ2v) is 5.03. The summed E-state index contributed by atoms with van der Waals surface area (Å²) in [6.07, 6.45) is 1.81. The number of benzene rings is 1. The molecule has 0 aliphatic rings. The van der Waals surface area contributed by atoms with E-state index in [1.807, 2.05) is 6.92 Å². The van der Waals surface area contributed by atoms with E-state index in [1.54, 1.807) is 35.9 Å². The van der Waals surface area contributed by atoms with Gasteiger partial charge in [-0.3, -0.25) is 4.79 Å². The molecule has 0 unspecified atom stereocenters. The summed E-state index contributed by atoms with van der Waals surface area (Å²) in [6, 6.07) is 6.92. The summed E-state index contributed by atoms with van der Waals surface area (Å²) in [5.74, 6) is -0.501. The van der Waals surface area contributed by atoms with Gasteiger partial charge < -0.3 is 4.74 Å². The number of esters is 1. The van der Waals surface area contributed by atoms with Gasteiger partial charge in [0.1, 0.15) is 0 Å². The molecule has 0 N–H and O–H groups in total. The highest BCUT2D eigenvalue weighted by molar-refractivity contribution is 5.93. The van der Waals surface area contributed by atoms with Crippen LogP contribution in [0.5, 0.6) is 0 Å². The molecule has 0 aliphatic heterocycles. The van der Waals surface area contributed by atoms with Crippen LogP contribution in [0.1, 0.15) is 53.2 Å². The minimum atomic E-state index is -0.361. The zero-order valence-corrected chi connectivity index (χ0v) is 13.0. The van der Waals surface area contributed by atoms with Gasteiger partial charge in [-0.2, -0.15) is 0 Å². The Balaban J connectivity index is 2.25. The molecule has 22 heavy (non-hydrogen) atoms. The second-order valence-electron chi connectivity index (χ2n) is 5.03. The number of ketones is 1. The third kappa shape index (κ3) is 3.39. The molecular weight excluding hydrogens is 282 g/mol. The number of carbonyl (C=O) groups is 2. The van der Waals surface area contributed by atoms with Crippen molar-refractivity contribution in [2.24, 2.45) is 0 Å². The highest BCUT2D eigenvalue weighted by Gasteiger charge is 2.15. The van der Waals surface area contributed by atoms with Gasteiger partial charge >= 0.3 is 5.97 Å². The summed E-state index contributed by atoms with van der Waals surface area (Å²) < 4.78 is 6.74. The number of Topliss-reactive ketones (excluding diaryl/α,β-unsaturated/α-hetero) is 1. The second kappa shape index (κ2) is 6.98. The summed E-state index contributed by atoms with van der Waals surface area (Å²) in [5.41, 5.74) is 2.09. The predicted octanol–water partition coefficient (Wildman–Crippen LogP) is 2.74. The number of hydrogen-bond donors (Lipinski definition) is 0. The van der Waals surface area contributed by atoms with Crippen molar-refractivity contribution in [2.75, 3.05) is 6.61 Å². The van der Waals surface area contributed by atoms with Crippen molar-refractivity contribution in [2.45, 2.75) is 33.6 Å². The van der Waals surface area contributed by atoms with Crippen LogP contribution in [-0.2, 0) is 4.74 Å². The molecule has 0 saturated heterocycles. The maximum Gasteiger partial charge on any atom is 0.338 e. The molecule has 6 nitrogen and oxygen atoms in total. The molecule has 2 rings (SSSR count). The lowest BCUT2D eigenvalue weighted by atomic mass is 10.2. The maximum absolute atomic E-state index is 12.0. The first-order valence-electron chi connectivity index (χ1n) is 7.25. The molecule has 0 atom stereocenters. The molecule has 0 saturated carbocycles. The van der Waals surface area contributed by atoms with Crippen LogP contribution in [0, 0.1) is 6.92 Å². The van der Waals surface area contributed by atoms with Crippen molar-refractivity contribution in [3.8, 4) is 5.69 Å². The summed E-state index contributed by atoms with van der Waals surface area (Å²) in [4.78, 5) is 23.4. The maximum atomic E-state index is 12.0. The summed E-state index contributed by atoms with van der Waals surface area (Å²) in [6.45, 7) is 5.66. The molecule has 0 fully saturated rings. The molecule has 0 bridgehead atoms. The monoisotopic (exact) mass is 301 g/mol. The molecule has 6 heteroatoms. The van der Waals surface area contributed by atoms with Crippen molar-refractivity contribution in [1.82, 2.24) is 15.0 Å². The van der Waals surface area contributed by atoms with Gasteiger partial charge in [0.15, 0.2) is 11.5 Å². The van der Waals surface area contributed by atoms with E-state index in [0.29, 0.717) is 29.2 Å². The van der Waals surface area contributed by atoms with Crippen molar-refractivity contribution >= 4 is 11.8 Å². The molecule has 0 spiro atoms. The van der Waals surface area contributed by atoms with Crippen LogP contribution < -0.4 is 0 Å². The summed E-state index contributed by atoms with van der Waals surface area (Å²) in [5, 5.41) is 7.85. The lowest BCUT2D eigenvalue weighted by Gasteiger charge is -2.07. The van der Waals surface area contributed by atoms with Crippen LogP contribution in [0.4, 0.5) is 0 Å². The molecule has 1 heterocycles. The Labute approximate surface area is 129 Å². The van der Waals surface area contributed by atoms with Gasteiger partial charge in [0.2, 0.25) is 0 Å². The largest absolute Gasteiger partial charge is 0.462 e. The Morgan fingerprint density at radius 2 is 2.09 bits per heavy atom. The lowest BCUT2D eigenvalue weighted by Crippen LogP contribution is -2.08. The quantitative estimate of drug-likeness (QED) is 0.466. The molecule has 116 valence electrons. The fourth-order valence-corrected chi connectivity index (χ4v) is 2.06. The van der Waals surface area contributed by atoms with E-state index in [0.717, 1.165) is 12.8 Å². The zero-order valence-electron chi connectivity index (χ0n) is 13.0. The van der Waals surface area contributed by atoms with Crippen molar-refractivity contribution in [3.05, 3.63) is 41.2 Å². The first-order valence-corrected chi connectivity index (χ1v) is 7.25. The number of hydrogen-bond acceptors (Lipinski definition) is 5. The van der Waals surface area contributed by atoms with Crippen molar-refractivity contribution < 1.29 is 14.3 Å². The highest BCUT2D eigenvalue weighted by Crippen LogP contribution is 2.15. The number of aromatic nitrogens is 3. The Hall–Kier alpha value is -2.50. The van der Waals surface area contributed by atoms with Gasteiger partial charge in [-0.05, 0) is 31.5 Å². The number of unbranched alkanes of at least 4 members (excludes halogenated alkanes) is 1. The van der Waals surface area contributed by atoms with E-state index in [4.69, 9.17) is 4.74 Å². The minimum Gasteiger partial charge on any atom is -0.462 e. The van der Waals surface area contributed by atoms with Crippen LogP contribution in [0.3, 0.4) is 0 Å². The SMILES string of the molecule is CCCCOC(=O)c1cccc(-n2nnc(C(C)=O)c2C)c1. The van der Waals surface area contributed by atoms with E-state index in [2.05, 4.69) is 10.3 Å². The average molecular weight is 301 g/mol. The van der Waals surface area contributed by atoms with Gasteiger partial charge in [-0.15, -0.1) is 5.10 Å². The molecule has 1 aromatic carbocycles. The Kier molecular flexibility index (Phi) is 5.04. The minimum absolute atomic E-state index is 0.140. The van der Waals surface area contributed by atoms with Gasteiger partial charge in [-0.1, -0.05) is 24.6 Å². The predicted molar refractivity (Wildman–Crippen MR) is 81.3 cm³/mol. The number of carbonyl (C=O) groups excluding carboxylic acids is 2. The van der Waals surface area contributed by atoms with Crippen molar-refractivity contribution in [3.63, 3.8) is 0 Å². The van der Waals surface area contributed by atoms with E-state index >= 15 is 0 Å². The molecular formula is C16H19N3O3. The standard InChI is InChI=1S/C16H19N3O3/c1-4-5-9-22-16(21)13-7-6-8-14(10-13)19-11(2)15(12(3)20)17-18-19/h6-8,10H,4-5,9H2,1-3H3. The van der Waals surface area contributed by atoms with E-state index in [9.17, 15) is 9.59 Å². The third-order valence-electron chi connectivity index (χ3n) is 3.29. The number of rotatable bonds is 6. The van der Waals surface area contributed by atoms with Gasteiger partial charge in [0.05, 0.1) is 23.6 Å². The molecule has 2 aromatic rings. The van der Waals surface area contributed by atoms with Crippen LogP contribution in [-0.4, -0.2) is 33.4 Å². The molecule has 0 amide bonds. The molecule has 0 radical (unpaired) electrons. The third-order valence-corrected chi connectivity index (χ3v) is 3.29. The van der Waals surface area contributed by atoms with E-state index in [1.165, 1.54) is 6.92 Å². The van der Waals surface area contributed by atoms with Crippen LogP contribution in [0.25, 0.3) is 5.69 Å². The van der Waals surface area contributed by atoms with Crippen molar-refractivity contribution in [1.29, 1.82) is 0 Å². The van der Waals surface area contributed by atoms with E-state index < -0.39 is 0 Å². The smallest absolute Gasteiger partial charge is 0.338 e. The number of nitrogens with zero attached hydrogens (tertiary/aromatic N) is 3. The fourth-order valence-electron chi connectivity index (χ4n) is 2.06. The van der Waals surface area contributed by atoms with Gasteiger partial charge in [-0.25, -0.2) is 9.48 Å². The fraction of sp³-hybridized carbons (Fsp3) is 0.375. The highest BCUT2D eigenvalue weighted by atomic mass is 16.5. The Morgan fingerprint density at radius 1 is 1.32 bits per heavy atom. The topological polar surface area (TPSA) is 74.1 Å². The van der Waals surface area contributed by atoms with E-state index in [-0.39, 0.29) is 11.8 Å². The van der Waals surface area contributed by atoms with Crippen LogP contribution >= 0.6 is 0 Å². The first kappa shape index (κ1) is 15.9. The first-order chi connectivity index (χ1) is 10.5. The normalized spacial score (nSPS) is 10.5. The zero-order chi connectivity index (χ0) is 16.1. The van der Waals surface area contributed by atoms with Crippen LogP contribution in [0.15, 0.2) is 24.3 Å². The molecule has 0 aliphatic carbocycles.